The van der Waals surface area contributed by atoms with Crippen LogP contribution in [0, 0.1) is 0 Å². The molecule has 0 bridgehead atoms. The van der Waals surface area contributed by atoms with Crippen LogP contribution in [0.25, 0.3) is 0 Å². The Morgan fingerprint density at radius 1 is 1.44 bits per heavy atom. The molecule has 0 amide bonds. The topological polar surface area (TPSA) is 63.4 Å². The number of sulfone groups is 1. The Morgan fingerprint density at radius 3 is 2.78 bits per heavy atom. The van der Waals surface area contributed by atoms with Crippen LogP contribution in [0.3, 0.4) is 0 Å². The molecule has 100 valence electrons. The van der Waals surface area contributed by atoms with Gasteiger partial charge in [-0.2, -0.15) is 0 Å². The fourth-order valence-electron chi connectivity index (χ4n) is 2.45. The number of fused-ring (bicyclic) bond motifs is 1. The average molecular weight is 268 g/mol. The lowest BCUT2D eigenvalue weighted by atomic mass is 10.1. The highest BCUT2D eigenvalue weighted by Gasteiger charge is 2.29. The van der Waals surface area contributed by atoms with Crippen LogP contribution in [0.15, 0.2) is 23.1 Å². The van der Waals surface area contributed by atoms with Gasteiger partial charge in [0, 0.05) is 19.1 Å². The fraction of sp³-hybridized carbons (Fsp3) is 0.538. The minimum absolute atomic E-state index is 0.0311. The molecular weight excluding hydrogens is 248 g/mol. The van der Waals surface area contributed by atoms with Gasteiger partial charge in [-0.05, 0) is 25.0 Å². The minimum atomic E-state index is -3.13. The SMILES string of the molecule is CCc1cccc2c1N(CC(C)N)CCS2(=O)=O. The molecule has 2 rings (SSSR count). The first kappa shape index (κ1) is 13.4. The van der Waals surface area contributed by atoms with E-state index in [1.807, 2.05) is 26.0 Å². The van der Waals surface area contributed by atoms with Crippen molar-refractivity contribution in [2.24, 2.45) is 5.73 Å². The zero-order chi connectivity index (χ0) is 13.3. The minimum Gasteiger partial charge on any atom is -0.368 e. The Labute approximate surface area is 109 Å². The summed E-state index contributed by atoms with van der Waals surface area (Å²) in [5.41, 5.74) is 7.79. The number of para-hydroxylation sites is 1. The van der Waals surface area contributed by atoms with Crippen molar-refractivity contribution in [3.63, 3.8) is 0 Å². The van der Waals surface area contributed by atoms with Crippen molar-refractivity contribution < 1.29 is 8.42 Å². The summed E-state index contributed by atoms with van der Waals surface area (Å²) in [5, 5.41) is 0. The van der Waals surface area contributed by atoms with E-state index < -0.39 is 9.84 Å². The first-order valence-electron chi connectivity index (χ1n) is 6.31. The quantitative estimate of drug-likeness (QED) is 0.894. The highest BCUT2D eigenvalue weighted by Crippen LogP contribution is 2.34. The van der Waals surface area contributed by atoms with Gasteiger partial charge in [0.15, 0.2) is 9.84 Å². The number of anilines is 1. The molecule has 1 aliphatic rings. The number of aryl methyl sites for hydroxylation is 1. The first-order valence-corrected chi connectivity index (χ1v) is 7.96. The van der Waals surface area contributed by atoms with Gasteiger partial charge in [0.25, 0.3) is 0 Å². The largest absolute Gasteiger partial charge is 0.368 e. The van der Waals surface area contributed by atoms with Gasteiger partial charge in [0.2, 0.25) is 0 Å². The van der Waals surface area contributed by atoms with Crippen molar-refractivity contribution in [3.05, 3.63) is 23.8 Å². The van der Waals surface area contributed by atoms with Crippen molar-refractivity contribution in [2.75, 3.05) is 23.7 Å². The molecule has 0 saturated carbocycles. The lowest BCUT2D eigenvalue weighted by Gasteiger charge is -2.34. The molecule has 1 heterocycles. The highest BCUT2D eigenvalue weighted by atomic mass is 32.2. The molecule has 0 aromatic heterocycles. The third kappa shape index (κ3) is 2.37. The van der Waals surface area contributed by atoms with Crippen LogP contribution in [0.2, 0.25) is 0 Å². The maximum atomic E-state index is 12.1. The van der Waals surface area contributed by atoms with Crippen molar-refractivity contribution in [1.29, 1.82) is 0 Å². The van der Waals surface area contributed by atoms with Gasteiger partial charge < -0.3 is 10.6 Å². The molecule has 1 aromatic carbocycles. The maximum Gasteiger partial charge on any atom is 0.182 e. The second-order valence-corrected chi connectivity index (χ2v) is 6.94. The van der Waals surface area contributed by atoms with Crippen LogP contribution in [-0.2, 0) is 16.3 Å². The van der Waals surface area contributed by atoms with Crippen LogP contribution >= 0.6 is 0 Å². The average Bonchev–Trinajstić information content (AvgIpc) is 2.32. The van der Waals surface area contributed by atoms with Gasteiger partial charge in [-0.25, -0.2) is 8.42 Å². The molecule has 0 spiro atoms. The zero-order valence-electron chi connectivity index (χ0n) is 10.9. The van der Waals surface area contributed by atoms with E-state index in [1.54, 1.807) is 6.07 Å². The maximum absolute atomic E-state index is 12.1. The van der Waals surface area contributed by atoms with Gasteiger partial charge in [-0.1, -0.05) is 19.1 Å². The number of nitrogens with zero attached hydrogens (tertiary/aromatic N) is 1. The first-order chi connectivity index (χ1) is 8.45. The smallest absolute Gasteiger partial charge is 0.182 e. The number of nitrogens with two attached hydrogens (primary N) is 1. The normalized spacial score (nSPS) is 19.4. The summed E-state index contributed by atoms with van der Waals surface area (Å²) in [6.45, 7) is 5.21. The number of hydrogen-bond donors (Lipinski definition) is 1. The Balaban J connectivity index is 2.56. The Bertz CT molecular complexity index is 538. The van der Waals surface area contributed by atoms with E-state index >= 15 is 0 Å². The molecule has 5 heteroatoms. The predicted molar refractivity (Wildman–Crippen MR) is 73.7 cm³/mol. The van der Waals surface area contributed by atoms with E-state index in [2.05, 4.69) is 4.90 Å². The molecule has 0 saturated heterocycles. The Morgan fingerprint density at radius 2 is 2.17 bits per heavy atom. The van der Waals surface area contributed by atoms with Gasteiger partial charge in [0.1, 0.15) is 0 Å². The molecule has 18 heavy (non-hydrogen) atoms. The van der Waals surface area contributed by atoms with E-state index in [1.165, 1.54) is 0 Å². The van der Waals surface area contributed by atoms with Crippen LogP contribution in [0.1, 0.15) is 19.4 Å². The van der Waals surface area contributed by atoms with Crippen LogP contribution < -0.4 is 10.6 Å². The molecule has 4 nitrogen and oxygen atoms in total. The molecular formula is C13H20N2O2S. The van der Waals surface area contributed by atoms with E-state index in [9.17, 15) is 8.42 Å². The summed E-state index contributed by atoms with van der Waals surface area (Å²) in [6.07, 6.45) is 0.828. The Hall–Kier alpha value is -1.07. The molecule has 1 atom stereocenters. The molecule has 1 aliphatic heterocycles. The van der Waals surface area contributed by atoms with Gasteiger partial charge in [-0.15, -0.1) is 0 Å². The molecule has 1 aromatic rings. The molecule has 0 radical (unpaired) electrons. The molecule has 0 fully saturated rings. The lowest BCUT2D eigenvalue weighted by molar-refractivity contribution is 0.585. The Kier molecular flexibility index (Phi) is 3.64. The summed E-state index contributed by atoms with van der Waals surface area (Å²) in [5.74, 6) is 0.180. The standard InChI is InChI=1S/C13H20N2O2S/c1-3-11-5-4-6-12-13(11)15(9-10(2)14)7-8-18(12,16)17/h4-6,10H,3,7-9,14H2,1-2H3. The van der Waals surface area contributed by atoms with E-state index in [-0.39, 0.29) is 11.8 Å². The van der Waals surface area contributed by atoms with Crippen LogP contribution in [-0.4, -0.2) is 33.3 Å². The van der Waals surface area contributed by atoms with Crippen LogP contribution in [0.5, 0.6) is 0 Å². The van der Waals surface area contributed by atoms with Crippen LogP contribution in [0.4, 0.5) is 5.69 Å². The number of hydrogen-bond acceptors (Lipinski definition) is 4. The van der Waals surface area contributed by atoms with E-state index in [4.69, 9.17) is 5.73 Å². The molecule has 0 aliphatic carbocycles. The molecule has 1 unspecified atom stereocenters. The summed E-state index contributed by atoms with van der Waals surface area (Å²) in [6, 6.07) is 5.55. The monoisotopic (exact) mass is 268 g/mol. The van der Waals surface area contributed by atoms with Gasteiger partial charge in [0.05, 0.1) is 16.3 Å². The van der Waals surface area contributed by atoms with Gasteiger partial charge >= 0.3 is 0 Å². The lowest BCUT2D eigenvalue weighted by Crippen LogP contribution is -2.42. The third-order valence-corrected chi connectivity index (χ3v) is 4.97. The van der Waals surface area contributed by atoms with E-state index in [0.29, 0.717) is 18.0 Å². The zero-order valence-corrected chi connectivity index (χ0v) is 11.7. The summed E-state index contributed by atoms with van der Waals surface area (Å²) in [7, 11) is -3.13. The van der Waals surface area contributed by atoms with Crippen molar-refractivity contribution in [1.82, 2.24) is 0 Å². The van der Waals surface area contributed by atoms with Gasteiger partial charge in [-0.3, -0.25) is 0 Å². The second kappa shape index (κ2) is 4.90. The van der Waals surface area contributed by atoms with Crippen molar-refractivity contribution in [3.8, 4) is 0 Å². The summed E-state index contributed by atoms with van der Waals surface area (Å²) < 4.78 is 24.2. The van der Waals surface area contributed by atoms with Crippen molar-refractivity contribution >= 4 is 15.5 Å². The highest BCUT2D eigenvalue weighted by molar-refractivity contribution is 7.91. The number of benzene rings is 1. The summed E-state index contributed by atoms with van der Waals surface area (Å²) in [4.78, 5) is 2.58. The van der Waals surface area contributed by atoms with E-state index in [0.717, 1.165) is 17.7 Å². The second-order valence-electron chi connectivity index (χ2n) is 4.86. The van der Waals surface area contributed by atoms with Crippen molar-refractivity contribution in [2.45, 2.75) is 31.2 Å². The molecule has 2 N–H and O–H groups in total. The third-order valence-electron chi connectivity index (χ3n) is 3.25. The fourth-order valence-corrected chi connectivity index (χ4v) is 3.97. The number of rotatable bonds is 3. The summed E-state index contributed by atoms with van der Waals surface area (Å²) >= 11 is 0. The predicted octanol–water partition coefficient (Wildman–Crippen LogP) is 1.19.